The van der Waals surface area contributed by atoms with Gasteiger partial charge in [-0.3, -0.25) is 9.59 Å². The van der Waals surface area contributed by atoms with Crippen LogP contribution in [0.4, 0.5) is 0 Å². The predicted molar refractivity (Wildman–Crippen MR) is 85.7 cm³/mol. The summed E-state index contributed by atoms with van der Waals surface area (Å²) in [6.45, 7) is 2.38. The highest BCUT2D eigenvalue weighted by Crippen LogP contribution is 2.24. The number of hydrogen-bond acceptors (Lipinski definition) is 2. The summed E-state index contributed by atoms with van der Waals surface area (Å²) >= 11 is 0. The van der Waals surface area contributed by atoms with Gasteiger partial charge in [-0.25, -0.2) is 0 Å². The van der Waals surface area contributed by atoms with Crippen LogP contribution in [0.2, 0.25) is 0 Å². The molecule has 1 fully saturated rings. The molecular weight excluding hydrogens is 278 g/mol. The second kappa shape index (κ2) is 7.97. The Kier molecular flexibility index (Phi) is 5.99. The summed E-state index contributed by atoms with van der Waals surface area (Å²) < 4.78 is 0. The molecule has 0 aliphatic heterocycles. The third kappa shape index (κ3) is 4.86. The molecule has 0 radical (unpaired) electrons. The van der Waals surface area contributed by atoms with Crippen LogP contribution in [0.5, 0.6) is 0 Å². The quantitative estimate of drug-likeness (QED) is 0.841. The lowest BCUT2D eigenvalue weighted by Gasteiger charge is -2.28. The Bertz CT molecular complexity index is 504. The predicted octanol–water partition coefficient (Wildman–Crippen LogP) is 3.17. The molecule has 2 rings (SSSR count). The van der Waals surface area contributed by atoms with Crippen LogP contribution >= 0.6 is 0 Å². The van der Waals surface area contributed by atoms with Gasteiger partial charge in [-0.15, -0.1) is 0 Å². The van der Waals surface area contributed by atoms with Gasteiger partial charge in [0.05, 0.1) is 6.42 Å². The molecule has 0 heterocycles. The van der Waals surface area contributed by atoms with Gasteiger partial charge in [0.2, 0.25) is 5.91 Å². The van der Waals surface area contributed by atoms with Crippen molar-refractivity contribution in [1.82, 2.24) is 4.90 Å². The van der Waals surface area contributed by atoms with Crippen LogP contribution in [0.15, 0.2) is 24.3 Å². The largest absolute Gasteiger partial charge is 0.481 e. The molecule has 0 bridgehead atoms. The van der Waals surface area contributed by atoms with E-state index in [0.717, 1.165) is 37.7 Å². The maximum Gasteiger partial charge on any atom is 0.305 e. The number of carbonyl (C=O) groups is 2. The van der Waals surface area contributed by atoms with E-state index >= 15 is 0 Å². The Balaban J connectivity index is 1.92. The molecular formula is C18H25NO3. The van der Waals surface area contributed by atoms with Gasteiger partial charge in [-0.2, -0.15) is 0 Å². The molecule has 0 spiro atoms. The first-order valence-electron chi connectivity index (χ1n) is 8.13. The summed E-state index contributed by atoms with van der Waals surface area (Å²) in [5.74, 6) is -0.747. The van der Waals surface area contributed by atoms with Gasteiger partial charge in [0.1, 0.15) is 0 Å². The molecule has 22 heavy (non-hydrogen) atoms. The van der Waals surface area contributed by atoms with Crippen molar-refractivity contribution in [1.29, 1.82) is 0 Å². The molecule has 120 valence electrons. The van der Waals surface area contributed by atoms with Gasteiger partial charge < -0.3 is 10.0 Å². The highest BCUT2D eigenvalue weighted by atomic mass is 16.4. The van der Waals surface area contributed by atoms with Crippen molar-refractivity contribution < 1.29 is 14.7 Å². The van der Waals surface area contributed by atoms with Crippen molar-refractivity contribution in [2.24, 2.45) is 0 Å². The van der Waals surface area contributed by atoms with E-state index in [9.17, 15) is 9.59 Å². The van der Waals surface area contributed by atoms with Gasteiger partial charge in [0.15, 0.2) is 0 Å². The Morgan fingerprint density at radius 3 is 2.36 bits per heavy atom. The molecule has 1 aliphatic carbocycles. The SMILES string of the molecule is Cc1ccc(CCC(=O)N(CCC(=O)O)C2CCCC2)cc1. The first-order valence-corrected chi connectivity index (χ1v) is 8.13. The highest BCUT2D eigenvalue weighted by Gasteiger charge is 2.26. The number of aliphatic carboxylic acids is 1. The number of amides is 1. The van der Waals surface area contributed by atoms with E-state index in [2.05, 4.69) is 24.3 Å². The molecule has 1 saturated carbocycles. The molecule has 1 amide bonds. The summed E-state index contributed by atoms with van der Waals surface area (Å²) in [4.78, 5) is 25.1. The van der Waals surface area contributed by atoms with Crippen LogP contribution in [-0.4, -0.2) is 34.5 Å². The maximum absolute atomic E-state index is 12.5. The molecule has 0 aromatic heterocycles. The van der Waals surface area contributed by atoms with Gasteiger partial charge >= 0.3 is 5.97 Å². The molecule has 4 nitrogen and oxygen atoms in total. The molecule has 0 atom stereocenters. The lowest BCUT2D eigenvalue weighted by molar-refractivity contribution is -0.139. The van der Waals surface area contributed by atoms with Crippen molar-refractivity contribution in [2.45, 2.75) is 57.9 Å². The minimum Gasteiger partial charge on any atom is -0.481 e. The molecule has 4 heteroatoms. The minimum atomic E-state index is -0.839. The van der Waals surface area contributed by atoms with Crippen LogP contribution in [0.3, 0.4) is 0 Å². The fraction of sp³-hybridized carbons (Fsp3) is 0.556. The van der Waals surface area contributed by atoms with Crippen LogP contribution in [0, 0.1) is 6.92 Å². The number of nitrogens with zero attached hydrogens (tertiary/aromatic N) is 1. The van der Waals surface area contributed by atoms with Crippen molar-refractivity contribution in [3.8, 4) is 0 Å². The fourth-order valence-electron chi connectivity index (χ4n) is 3.09. The van der Waals surface area contributed by atoms with E-state index in [1.807, 2.05) is 11.8 Å². The van der Waals surface area contributed by atoms with E-state index < -0.39 is 5.97 Å². The molecule has 0 unspecified atom stereocenters. The molecule has 1 N–H and O–H groups in total. The number of carboxylic acids is 1. The Hall–Kier alpha value is -1.84. The van der Waals surface area contributed by atoms with E-state index in [-0.39, 0.29) is 18.4 Å². The maximum atomic E-state index is 12.5. The fourth-order valence-corrected chi connectivity index (χ4v) is 3.09. The first kappa shape index (κ1) is 16.5. The standard InChI is InChI=1S/C18H25NO3/c1-14-6-8-15(9-7-14)10-11-17(20)19(13-12-18(21)22)16-4-2-3-5-16/h6-9,16H,2-5,10-13H2,1H3,(H,21,22). The molecule has 0 saturated heterocycles. The zero-order valence-electron chi connectivity index (χ0n) is 13.3. The normalized spacial score (nSPS) is 15.0. The van der Waals surface area contributed by atoms with Crippen LogP contribution in [0.25, 0.3) is 0 Å². The van der Waals surface area contributed by atoms with Gasteiger partial charge in [-0.05, 0) is 31.7 Å². The number of rotatable bonds is 7. The number of carboxylic acid groups (broad SMARTS) is 1. The van der Waals surface area contributed by atoms with E-state index in [4.69, 9.17) is 5.11 Å². The zero-order valence-corrected chi connectivity index (χ0v) is 13.3. The van der Waals surface area contributed by atoms with Crippen molar-refractivity contribution >= 4 is 11.9 Å². The minimum absolute atomic E-state index is 0.0345. The van der Waals surface area contributed by atoms with Gasteiger partial charge in [0.25, 0.3) is 0 Å². The average Bonchev–Trinajstić information content (AvgIpc) is 3.00. The second-order valence-electron chi connectivity index (χ2n) is 6.15. The van der Waals surface area contributed by atoms with Gasteiger partial charge in [0, 0.05) is 19.0 Å². The van der Waals surface area contributed by atoms with Crippen molar-refractivity contribution in [2.75, 3.05) is 6.54 Å². The lowest BCUT2D eigenvalue weighted by Crippen LogP contribution is -2.40. The monoisotopic (exact) mass is 303 g/mol. The number of carbonyl (C=O) groups excluding carboxylic acids is 1. The summed E-state index contributed by atoms with van der Waals surface area (Å²) in [6.07, 6.45) is 5.51. The van der Waals surface area contributed by atoms with E-state index in [1.165, 1.54) is 5.56 Å². The zero-order chi connectivity index (χ0) is 15.9. The van der Waals surface area contributed by atoms with Crippen LogP contribution in [0.1, 0.15) is 49.7 Å². The summed E-state index contributed by atoms with van der Waals surface area (Å²) in [5, 5.41) is 8.88. The van der Waals surface area contributed by atoms with E-state index in [0.29, 0.717) is 13.0 Å². The first-order chi connectivity index (χ1) is 10.6. The topological polar surface area (TPSA) is 57.6 Å². The van der Waals surface area contributed by atoms with Gasteiger partial charge in [-0.1, -0.05) is 42.7 Å². The number of hydrogen-bond donors (Lipinski definition) is 1. The Morgan fingerprint density at radius 2 is 1.77 bits per heavy atom. The van der Waals surface area contributed by atoms with Crippen molar-refractivity contribution in [3.63, 3.8) is 0 Å². The Labute approximate surface area is 132 Å². The Morgan fingerprint density at radius 1 is 1.14 bits per heavy atom. The molecule has 1 aliphatic rings. The number of aryl methyl sites for hydroxylation is 2. The highest BCUT2D eigenvalue weighted by molar-refractivity contribution is 5.77. The third-order valence-electron chi connectivity index (χ3n) is 4.40. The summed E-state index contributed by atoms with van der Waals surface area (Å²) in [7, 11) is 0. The average molecular weight is 303 g/mol. The molecule has 1 aromatic carbocycles. The lowest BCUT2D eigenvalue weighted by atomic mass is 10.1. The smallest absolute Gasteiger partial charge is 0.305 e. The van der Waals surface area contributed by atoms with E-state index in [1.54, 1.807) is 0 Å². The molecule has 1 aromatic rings. The van der Waals surface area contributed by atoms with Crippen LogP contribution < -0.4 is 0 Å². The second-order valence-corrected chi connectivity index (χ2v) is 6.15. The summed E-state index contributed by atoms with van der Waals surface area (Å²) in [6, 6.07) is 8.46. The van der Waals surface area contributed by atoms with Crippen LogP contribution in [-0.2, 0) is 16.0 Å². The third-order valence-corrected chi connectivity index (χ3v) is 4.40. The summed E-state index contributed by atoms with van der Waals surface area (Å²) in [5.41, 5.74) is 2.37. The van der Waals surface area contributed by atoms with Crippen molar-refractivity contribution in [3.05, 3.63) is 35.4 Å². The number of benzene rings is 1.